The summed E-state index contributed by atoms with van der Waals surface area (Å²) in [6.45, 7) is 2.05. The van der Waals surface area contributed by atoms with E-state index in [-0.39, 0.29) is 5.69 Å². The van der Waals surface area contributed by atoms with Crippen molar-refractivity contribution in [1.29, 1.82) is 0 Å². The van der Waals surface area contributed by atoms with Crippen LogP contribution in [0.4, 0.5) is 0 Å². The molecule has 0 atom stereocenters. The Bertz CT molecular complexity index is 805. The first kappa shape index (κ1) is 13.2. The minimum Gasteiger partial charge on any atom is -0.476 e. The normalized spacial score (nSPS) is 11.1. The van der Waals surface area contributed by atoms with Crippen LogP contribution in [0, 0.1) is 6.92 Å². The van der Waals surface area contributed by atoms with Crippen molar-refractivity contribution in [2.45, 2.75) is 11.8 Å². The smallest absolute Gasteiger partial charge is 0.356 e. The van der Waals surface area contributed by atoms with Crippen molar-refractivity contribution in [2.24, 2.45) is 0 Å². The fourth-order valence-electron chi connectivity index (χ4n) is 2.10. The molecule has 2 heterocycles. The summed E-state index contributed by atoms with van der Waals surface area (Å²) >= 11 is 3.13. The molecule has 0 saturated heterocycles. The van der Waals surface area contributed by atoms with Crippen LogP contribution in [-0.2, 0) is 0 Å². The predicted molar refractivity (Wildman–Crippen MR) is 82.0 cm³/mol. The number of thioether (sulfide) groups is 1. The van der Waals surface area contributed by atoms with Gasteiger partial charge in [-0.3, -0.25) is 4.40 Å². The van der Waals surface area contributed by atoms with Crippen LogP contribution < -0.4 is 0 Å². The Morgan fingerprint density at radius 1 is 1.45 bits per heavy atom. The number of fused-ring (bicyclic) bond motifs is 1. The molecule has 0 aliphatic carbocycles. The lowest BCUT2D eigenvalue weighted by atomic mass is 10.1. The molecule has 0 aliphatic heterocycles. The number of carbonyl (C=O) groups is 1. The summed E-state index contributed by atoms with van der Waals surface area (Å²) in [6.07, 6.45) is 3.62. The van der Waals surface area contributed by atoms with E-state index in [4.69, 9.17) is 5.11 Å². The number of nitrogens with zero attached hydrogens (tertiary/aromatic N) is 2. The third-order valence-corrected chi connectivity index (χ3v) is 4.69. The van der Waals surface area contributed by atoms with Crippen LogP contribution in [-0.4, -0.2) is 26.7 Å². The highest BCUT2D eigenvalue weighted by Crippen LogP contribution is 2.34. The third kappa shape index (κ3) is 2.10. The zero-order chi connectivity index (χ0) is 14.3. The fraction of sp³-hybridized carbons (Fsp3) is 0.143. The number of thiazole rings is 1. The van der Waals surface area contributed by atoms with Gasteiger partial charge < -0.3 is 5.11 Å². The van der Waals surface area contributed by atoms with E-state index in [1.165, 1.54) is 21.8 Å². The fourth-order valence-corrected chi connectivity index (χ4v) is 3.56. The molecule has 0 spiro atoms. The molecule has 0 fully saturated rings. The number of imidazole rings is 1. The maximum absolute atomic E-state index is 11.0. The first-order chi connectivity index (χ1) is 9.60. The number of benzene rings is 1. The molecule has 3 rings (SSSR count). The highest BCUT2D eigenvalue weighted by molar-refractivity contribution is 7.98. The van der Waals surface area contributed by atoms with Gasteiger partial charge in [-0.15, -0.1) is 23.1 Å². The number of carboxylic acid groups (broad SMARTS) is 1. The standard InChI is InChI=1S/C14H12N2O2S2/c1-8-3-4-12(19-2)9(5-8)11-7-20-14-15-10(13(17)18)6-16(11)14/h3-7H,1-2H3,(H,17,18). The second-order valence-corrected chi connectivity index (χ2v) is 6.09. The molecule has 3 aromatic rings. The summed E-state index contributed by atoms with van der Waals surface area (Å²) in [6, 6.07) is 6.29. The maximum atomic E-state index is 11.0. The van der Waals surface area contributed by atoms with E-state index in [0.29, 0.717) is 4.96 Å². The van der Waals surface area contributed by atoms with Crippen LogP contribution in [0.5, 0.6) is 0 Å². The number of hydrogen-bond donors (Lipinski definition) is 1. The number of aromatic nitrogens is 2. The van der Waals surface area contributed by atoms with Gasteiger partial charge >= 0.3 is 5.97 Å². The monoisotopic (exact) mass is 304 g/mol. The zero-order valence-corrected chi connectivity index (χ0v) is 12.6. The molecule has 0 unspecified atom stereocenters. The molecule has 1 aromatic carbocycles. The van der Waals surface area contributed by atoms with Gasteiger partial charge in [0, 0.05) is 22.0 Å². The predicted octanol–water partition coefficient (Wildman–Crippen LogP) is 3.79. The molecule has 0 aliphatic rings. The van der Waals surface area contributed by atoms with E-state index in [9.17, 15) is 4.79 Å². The van der Waals surface area contributed by atoms with E-state index in [0.717, 1.165) is 11.3 Å². The maximum Gasteiger partial charge on any atom is 0.356 e. The van der Waals surface area contributed by atoms with Crippen molar-refractivity contribution >= 4 is 34.0 Å². The average molecular weight is 304 g/mol. The Hall–Kier alpha value is -1.79. The summed E-state index contributed by atoms with van der Waals surface area (Å²) in [7, 11) is 0. The summed E-state index contributed by atoms with van der Waals surface area (Å²) in [4.78, 5) is 17.0. The number of carboxylic acids is 1. The number of aromatic carboxylic acids is 1. The van der Waals surface area contributed by atoms with Gasteiger partial charge in [0.25, 0.3) is 0 Å². The number of aryl methyl sites for hydroxylation is 1. The van der Waals surface area contributed by atoms with Gasteiger partial charge in [-0.1, -0.05) is 11.6 Å². The van der Waals surface area contributed by atoms with Gasteiger partial charge in [0.15, 0.2) is 10.7 Å². The molecule has 6 heteroatoms. The molecule has 20 heavy (non-hydrogen) atoms. The SMILES string of the molecule is CSc1ccc(C)cc1-c1csc2nc(C(=O)O)cn12. The largest absolute Gasteiger partial charge is 0.476 e. The highest BCUT2D eigenvalue weighted by atomic mass is 32.2. The second kappa shape index (κ2) is 4.96. The van der Waals surface area contributed by atoms with E-state index in [2.05, 4.69) is 23.2 Å². The van der Waals surface area contributed by atoms with Crippen molar-refractivity contribution in [3.8, 4) is 11.3 Å². The van der Waals surface area contributed by atoms with Crippen molar-refractivity contribution in [3.05, 3.63) is 41.0 Å². The summed E-state index contributed by atoms with van der Waals surface area (Å²) < 4.78 is 1.85. The molecule has 0 bridgehead atoms. The van der Waals surface area contributed by atoms with Crippen molar-refractivity contribution < 1.29 is 9.90 Å². The van der Waals surface area contributed by atoms with Crippen molar-refractivity contribution in [3.63, 3.8) is 0 Å². The molecule has 102 valence electrons. The zero-order valence-electron chi connectivity index (χ0n) is 11.0. The molecule has 0 radical (unpaired) electrons. The molecule has 4 nitrogen and oxygen atoms in total. The molecular formula is C14H12N2O2S2. The van der Waals surface area contributed by atoms with Gasteiger partial charge in [0.1, 0.15) is 0 Å². The minimum absolute atomic E-state index is 0.0801. The average Bonchev–Trinajstić information content (AvgIpc) is 2.98. The van der Waals surface area contributed by atoms with Crippen molar-refractivity contribution in [2.75, 3.05) is 6.26 Å². The lowest BCUT2D eigenvalue weighted by Gasteiger charge is -2.07. The Morgan fingerprint density at radius 2 is 2.25 bits per heavy atom. The Balaban J connectivity index is 2.24. The van der Waals surface area contributed by atoms with Crippen LogP contribution in [0.3, 0.4) is 0 Å². The van der Waals surface area contributed by atoms with Crippen LogP contribution in [0.25, 0.3) is 16.2 Å². The van der Waals surface area contributed by atoms with E-state index in [1.807, 2.05) is 23.0 Å². The minimum atomic E-state index is -0.999. The van der Waals surface area contributed by atoms with Crippen LogP contribution in [0.1, 0.15) is 16.1 Å². The van der Waals surface area contributed by atoms with Crippen LogP contribution in [0.15, 0.2) is 34.7 Å². The second-order valence-electron chi connectivity index (χ2n) is 4.41. The molecule has 0 saturated carbocycles. The lowest BCUT2D eigenvalue weighted by molar-refractivity contribution is 0.0691. The Morgan fingerprint density at radius 3 is 2.95 bits per heavy atom. The first-order valence-corrected chi connectivity index (χ1v) is 8.05. The van der Waals surface area contributed by atoms with Crippen LogP contribution >= 0.6 is 23.1 Å². The van der Waals surface area contributed by atoms with E-state index < -0.39 is 5.97 Å². The molecule has 1 N–H and O–H groups in total. The number of hydrogen-bond acceptors (Lipinski definition) is 4. The van der Waals surface area contributed by atoms with Gasteiger partial charge in [0.2, 0.25) is 0 Å². The summed E-state index contributed by atoms with van der Waals surface area (Å²) in [5.74, 6) is -0.999. The van der Waals surface area contributed by atoms with Gasteiger partial charge in [-0.25, -0.2) is 9.78 Å². The van der Waals surface area contributed by atoms with Gasteiger partial charge in [-0.05, 0) is 25.3 Å². The first-order valence-electron chi connectivity index (χ1n) is 5.95. The summed E-state index contributed by atoms with van der Waals surface area (Å²) in [5, 5.41) is 11.1. The van der Waals surface area contributed by atoms with E-state index in [1.54, 1.807) is 18.0 Å². The quantitative estimate of drug-likeness (QED) is 0.748. The Kier molecular flexibility index (Phi) is 3.27. The van der Waals surface area contributed by atoms with Gasteiger partial charge in [0.05, 0.1) is 5.69 Å². The summed E-state index contributed by atoms with van der Waals surface area (Å²) in [5.41, 5.74) is 3.35. The van der Waals surface area contributed by atoms with E-state index >= 15 is 0 Å². The molecule has 0 amide bonds. The van der Waals surface area contributed by atoms with Crippen LogP contribution in [0.2, 0.25) is 0 Å². The number of rotatable bonds is 3. The Labute approximate surface area is 124 Å². The lowest BCUT2D eigenvalue weighted by Crippen LogP contribution is -1.95. The third-order valence-electron chi connectivity index (χ3n) is 3.06. The highest BCUT2D eigenvalue weighted by Gasteiger charge is 2.15. The molecular weight excluding hydrogens is 292 g/mol. The van der Waals surface area contributed by atoms with Crippen molar-refractivity contribution in [1.82, 2.24) is 9.38 Å². The topological polar surface area (TPSA) is 54.6 Å². The van der Waals surface area contributed by atoms with Gasteiger partial charge in [-0.2, -0.15) is 0 Å². The molecule has 2 aromatic heterocycles.